The van der Waals surface area contributed by atoms with E-state index in [1.165, 1.54) is 6.07 Å². The van der Waals surface area contributed by atoms with Crippen molar-refractivity contribution in [2.75, 3.05) is 25.1 Å². The lowest BCUT2D eigenvalue weighted by molar-refractivity contribution is -0.387. The summed E-state index contributed by atoms with van der Waals surface area (Å²) >= 11 is 0. The Morgan fingerprint density at radius 2 is 2.38 bits per heavy atom. The first-order valence-electron chi connectivity index (χ1n) is 6.49. The van der Waals surface area contributed by atoms with Crippen LogP contribution in [0.25, 0.3) is 0 Å². The molecule has 1 fully saturated rings. The van der Waals surface area contributed by atoms with Crippen molar-refractivity contribution in [2.45, 2.75) is 18.9 Å². The molecule has 2 rings (SSSR count). The molecule has 1 heterocycles. The fourth-order valence-corrected chi connectivity index (χ4v) is 1.99. The summed E-state index contributed by atoms with van der Waals surface area (Å²) in [7, 11) is 0. The summed E-state index contributed by atoms with van der Waals surface area (Å²) in [5.74, 6) is -1.42. The molecular formula is C13H15FN2O5. The Hall–Kier alpha value is -2.06. The number of carbonyl (C=O) groups is 1. The average Bonchev–Trinajstić information content (AvgIpc) is 2.94. The lowest BCUT2D eigenvalue weighted by atomic mass is 10.2. The molecule has 8 heteroatoms. The van der Waals surface area contributed by atoms with E-state index in [1.807, 2.05) is 0 Å². The Morgan fingerprint density at radius 3 is 3.05 bits per heavy atom. The standard InChI is InChI=1S/C13H15FN2O5/c14-11-4-3-9(6-12(11)16(18)19)15-13(17)8-20-7-10-2-1-5-21-10/h3-4,6,10H,1-2,5,7-8H2,(H,15,17). The van der Waals surface area contributed by atoms with Crippen LogP contribution in [0.5, 0.6) is 0 Å². The summed E-state index contributed by atoms with van der Waals surface area (Å²) in [6.45, 7) is 0.849. The average molecular weight is 298 g/mol. The van der Waals surface area contributed by atoms with E-state index in [-0.39, 0.29) is 18.4 Å². The predicted molar refractivity (Wildman–Crippen MR) is 71.5 cm³/mol. The number of carbonyl (C=O) groups excluding carboxylic acids is 1. The molecule has 0 saturated carbocycles. The number of hydrogen-bond donors (Lipinski definition) is 1. The molecule has 0 bridgehead atoms. The zero-order chi connectivity index (χ0) is 15.2. The maximum atomic E-state index is 13.1. The number of halogens is 1. The van der Waals surface area contributed by atoms with Crippen molar-refractivity contribution in [1.82, 2.24) is 0 Å². The number of hydrogen-bond acceptors (Lipinski definition) is 5. The van der Waals surface area contributed by atoms with Gasteiger partial charge in [-0.2, -0.15) is 4.39 Å². The normalized spacial score (nSPS) is 17.7. The van der Waals surface area contributed by atoms with Gasteiger partial charge >= 0.3 is 5.69 Å². The minimum Gasteiger partial charge on any atom is -0.376 e. The zero-order valence-electron chi connectivity index (χ0n) is 11.2. The van der Waals surface area contributed by atoms with E-state index in [2.05, 4.69) is 5.32 Å². The number of benzene rings is 1. The van der Waals surface area contributed by atoms with Crippen LogP contribution in [0.3, 0.4) is 0 Å². The van der Waals surface area contributed by atoms with E-state index in [1.54, 1.807) is 0 Å². The fraction of sp³-hybridized carbons (Fsp3) is 0.462. The molecule has 0 aliphatic carbocycles. The van der Waals surface area contributed by atoms with E-state index in [4.69, 9.17) is 9.47 Å². The molecule has 1 aliphatic rings. The number of rotatable bonds is 6. The Bertz CT molecular complexity index is 531. The second-order valence-corrected chi connectivity index (χ2v) is 4.62. The Kier molecular flexibility index (Phi) is 5.18. The molecular weight excluding hydrogens is 283 g/mol. The maximum Gasteiger partial charge on any atom is 0.306 e. The smallest absolute Gasteiger partial charge is 0.306 e. The molecule has 1 aromatic carbocycles. The SMILES string of the molecule is O=C(COCC1CCCO1)Nc1ccc(F)c([N+](=O)[O-])c1. The molecule has 1 aromatic rings. The lowest BCUT2D eigenvalue weighted by Crippen LogP contribution is -2.22. The van der Waals surface area contributed by atoms with Gasteiger partial charge in [-0.3, -0.25) is 14.9 Å². The second-order valence-electron chi connectivity index (χ2n) is 4.62. The van der Waals surface area contributed by atoms with Crippen molar-refractivity contribution in [2.24, 2.45) is 0 Å². The number of amides is 1. The van der Waals surface area contributed by atoms with Crippen LogP contribution in [-0.2, 0) is 14.3 Å². The highest BCUT2D eigenvalue weighted by molar-refractivity contribution is 5.92. The summed E-state index contributed by atoms with van der Waals surface area (Å²) in [6, 6.07) is 3.15. The van der Waals surface area contributed by atoms with Gasteiger partial charge < -0.3 is 14.8 Å². The van der Waals surface area contributed by atoms with E-state index < -0.39 is 22.3 Å². The van der Waals surface area contributed by atoms with Crippen molar-refractivity contribution in [1.29, 1.82) is 0 Å². The molecule has 0 aromatic heterocycles. The third-order valence-electron chi connectivity index (χ3n) is 2.99. The monoisotopic (exact) mass is 298 g/mol. The summed E-state index contributed by atoms with van der Waals surface area (Å²) in [5, 5.41) is 13.0. The highest BCUT2D eigenvalue weighted by Crippen LogP contribution is 2.21. The van der Waals surface area contributed by atoms with Crippen molar-refractivity contribution in [3.05, 3.63) is 34.1 Å². The molecule has 1 atom stereocenters. The number of nitrogens with zero attached hydrogens (tertiary/aromatic N) is 1. The third-order valence-corrected chi connectivity index (χ3v) is 2.99. The summed E-state index contributed by atoms with van der Waals surface area (Å²) in [5.41, 5.74) is -0.540. The number of ether oxygens (including phenoxy) is 2. The Labute approximate surface area is 120 Å². The van der Waals surface area contributed by atoms with Crippen molar-refractivity contribution >= 4 is 17.3 Å². The van der Waals surface area contributed by atoms with Crippen molar-refractivity contribution < 1.29 is 23.6 Å². The first-order valence-corrected chi connectivity index (χ1v) is 6.49. The van der Waals surface area contributed by atoms with Gasteiger partial charge in [0.2, 0.25) is 11.7 Å². The fourth-order valence-electron chi connectivity index (χ4n) is 1.99. The van der Waals surface area contributed by atoms with Crippen molar-refractivity contribution in [3.63, 3.8) is 0 Å². The highest BCUT2D eigenvalue weighted by atomic mass is 19.1. The summed E-state index contributed by atoms with van der Waals surface area (Å²) in [6.07, 6.45) is 1.91. The van der Waals surface area contributed by atoms with Gasteiger partial charge in [0.25, 0.3) is 0 Å². The molecule has 0 radical (unpaired) electrons. The molecule has 114 valence electrons. The lowest BCUT2D eigenvalue weighted by Gasteiger charge is -2.10. The third kappa shape index (κ3) is 4.47. The van der Waals surface area contributed by atoms with Crippen LogP contribution >= 0.6 is 0 Å². The van der Waals surface area contributed by atoms with E-state index in [0.717, 1.165) is 25.0 Å². The van der Waals surface area contributed by atoms with Crippen LogP contribution in [0.2, 0.25) is 0 Å². The maximum absolute atomic E-state index is 13.1. The van der Waals surface area contributed by atoms with E-state index in [0.29, 0.717) is 13.2 Å². The molecule has 7 nitrogen and oxygen atoms in total. The van der Waals surface area contributed by atoms with Gasteiger partial charge in [-0.15, -0.1) is 0 Å². The van der Waals surface area contributed by atoms with Crippen molar-refractivity contribution in [3.8, 4) is 0 Å². The van der Waals surface area contributed by atoms with Gasteiger partial charge in [0, 0.05) is 18.4 Å². The number of anilines is 1. The second kappa shape index (κ2) is 7.09. The first kappa shape index (κ1) is 15.3. The highest BCUT2D eigenvalue weighted by Gasteiger charge is 2.17. The minimum atomic E-state index is -0.951. The van der Waals surface area contributed by atoms with E-state index >= 15 is 0 Å². The van der Waals surface area contributed by atoms with Gasteiger partial charge in [-0.1, -0.05) is 0 Å². The number of nitro benzene ring substituents is 1. The first-order chi connectivity index (χ1) is 10.1. The molecule has 1 unspecified atom stereocenters. The molecule has 21 heavy (non-hydrogen) atoms. The Balaban J connectivity index is 1.81. The van der Waals surface area contributed by atoms with Gasteiger partial charge in [-0.25, -0.2) is 0 Å². The topological polar surface area (TPSA) is 90.7 Å². The molecule has 1 N–H and O–H groups in total. The molecule has 1 amide bonds. The van der Waals surface area contributed by atoms with Gasteiger partial charge in [0.15, 0.2) is 0 Å². The zero-order valence-corrected chi connectivity index (χ0v) is 11.2. The number of nitro groups is 1. The summed E-state index contributed by atoms with van der Waals surface area (Å²) in [4.78, 5) is 21.4. The van der Waals surface area contributed by atoms with Crippen LogP contribution in [-0.4, -0.2) is 36.8 Å². The van der Waals surface area contributed by atoms with Crippen LogP contribution in [0.4, 0.5) is 15.8 Å². The minimum absolute atomic E-state index is 0.0182. The Morgan fingerprint density at radius 1 is 1.57 bits per heavy atom. The van der Waals surface area contributed by atoms with Gasteiger partial charge in [-0.05, 0) is 25.0 Å². The van der Waals surface area contributed by atoms with E-state index in [9.17, 15) is 19.3 Å². The van der Waals surface area contributed by atoms with Crippen LogP contribution in [0, 0.1) is 15.9 Å². The molecule has 1 aliphatic heterocycles. The van der Waals surface area contributed by atoms with Crippen LogP contribution in [0.15, 0.2) is 18.2 Å². The van der Waals surface area contributed by atoms with Gasteiger partial charge in [0.05, 0.1) is 17.6 Å². The largest absolute Gasteiger partial charge is 0.376 e. The molecule has 1 saturated heterocycles. The molecule has 0 spiro atoms. The van der Waals surface area contributed by atoms with Crippen LogP contribution < -0.4 is 5.32 Å². The number of nitrogens with one attached hydrogen (secondary N) is 1. The predicted octanol–water partition coefficient (Wildman–Crippen LogP) is 1.87. The van der Waals surface area contributed by atoms with Crippen LogP contribution in [0.1, 0.15) is 12.8 Å². The quantitative estimate of drug-likeness (QED) is 0.639. The van der Waals surface area contributed by atoms with Gasteiger partial charge in [0.1, 0.15) is 6.61 Å². The summed E-state index contributed by atoms with van der Waals surface area (Å²) < 4.78 is 23.7.